The largest absolute Gasteiger partial charge is 0.497 e. The van der Waals surface area contributed by atoms with Crippen molar-refractivity contribution < 1.29 is 14.3 Å². The summed E-state index contributed by atoms with van der Waals surface area (Å²) in [5.41, 5.74) is 1.77. The highest BCUT2D eigenvalue weighted by Gasteiger charge is 2.12. The van der Waals surface area contributed by atoms with Gasteiger partial charge in [0.05, 0.1) is 18.4 Å². The number of halogens is 1. The van der Waals surface area contributed by atoms with Gasteiger partial charge in [0.2, 0.25) is 5.91 Å². The molecule has 2 amide bonds. The van der Waals surface area contributed by atoms with Gasteiger partial charge in [0.25, 0.3) is 5.91 Å². The number of hydrogen-bond acceptors (Lipinski definition) is 3. The smallest absolute Gasteiger partial charge is 0.253 e. The van der Waals surface area contributed by atoms with Crippen molar-refractivity contribution in [3.05, 3.63) is 59.7 Å². The molecule has 2 rings (SSSR count). The molecule has 0 bridgehead atoms. The van der Waals surface area contributed by atoms with Crippen molar-refractivity contribution >= 4 is 29.1 Å². The minimum Gasteiger partial charge on any atom is -0.497 e. The van der Waals surface area contributed by atoms with Crippen LogP contribution in [0.25, 0.3) is 0 Å². The van der Waals surface area contributed by atoms with Crippen LogP contribution in [0.5, 0.6) is 5.75 Å². The molecule has 6 heteroatoms. The van der Waals surface area contributed by atoms with E-state index in [2.05, 4.69) is 10.6 Å². The van der Waals surface area contributed by atoms with Gasteiger partial charge >= 0.3 is 0 Å². The Morgan fingerprint density at radius 2 is 1.78 bits per heavy atom. The van der Waals surface area contributed by atoms with E-state index in [-0.39, 0.29) is 17.7 Å². The molecule has 0 saturated heterocycles. The average molecular weight is 333 g/mol. The number of carbonyl (C=O) groups is 2. The number of rotatable bonds is 6. The van der Waals surface area contributed by atoms with Crippen LogP contribution in [0.15, 0.2) is 48.5 Å². The summed E-state index contributed by atoms with van der Waals surface area (Å²) in [6.07, 6.45) is 0. The van der Waals surface area contributed by atoms with E-state index >= 15 is 0 Å². The van der Waals surface area contributed by atoms with Gasteiger partial charge in [-0.05, 0) is 29.8 Å². The molecule has 0 aliphatic heterocycles. The first-order chi connectivity index (χ1) is 11.1. The van der Waals surface area contributed by atoms with Crippen molar-refractivity contribution in [1.82, 2.24) is 5.32 Å². The van der Waals surface area contributed by atoms with Crippen LogP contribution in [0.1, 0.15) is 15.9 Å². The zero-order valence-electron chi connectivity index (χ0n) is 12.6. The van der Waals surface area contributed by atoms with E-state index in [1.165, 1.54) is 0 Å². The van der Waals surface area contributed by atoms with Gasteiger partial charge in [-0.2, -0.15) is 0 Å². The van der Waals surface area contributed by atoms with E-state index in [9.17, 15) is 9.59 Å². The summed E-state index contributed by atoms with van der Waals surface area (Å²) in [5, 5.41) is 5.43. The van der Waals surface area contributed by atoms with Gasteiger partial charge in [-0.25, -0.2) is 0 Å². The summed E-state index contributed by atoms with van der Waals surface area (Å²) in [4.78, 5) is 23.7. The van der Waals surface area contributed by atoms with E-state index in [0.29, 0.717) is 17.8 Å². The number of amides is 2. The topological polar surface area (TPSA) is 67.4 Å². The van der Waals surface area contributed by atoms with Gasteiger partial charge in [-0.3, -0.25) is 9.59 Å². The Hall–Kier alpha value is -2.53. The summed E-state index contributed by atoms with van der Waals surface area (Å²) in [7, 11) is 1.60. The molecule has 120 valence electrons. The molecule has 0 aliphatic carbocycles. The lowest BCUT2D eigenvalue weighted by atomic mass is 10.1. The Morgan fingerprint density at radius 1 is 1.09 bits per heavy atom. The number of hydrogen-bond donors (Lipinski definition) is 2. The van der Waals surface area contributed by atoms with E-state index in [1.54, 1.807) is 31.4 Å². The fourth-order valence-electron chi connectivity index (χ4n) is 1.99. The quantitative estimate of drug-likeness (QED) is 0.799. The average Bonchev–Trinajstić information content (AvgIpc) is 2.60. The number of anilines is 1. The fraction of sp³-hybridized carbons (Fsp3) is 0.176. The lowest BCUT2D eigenvalue weighted by molar-refractivity contribution is -0.113. The van der Waals surface area contributed by atoms with Crippen LogP contribution >= 0.6 is 11.6 Å². The third-order valence-corrected chi connectivity index (χ3v) is 3.42. The first-order valence-electron chi connectivity index (χ1n) is 7.00. The minimum absolute atomic E-state index is 0.165. The maximum atomic E-state index is 12.3. The monoisotopic (exact) mass is 332 g/mol. The van der Waals surface area contributed by atoms with Crippen LogP contribution in [0.2, 0.25) is 0 Å². The molecule has 0 aliphatic rings. The second-order valence-electron chi connectivity index (χ2n) is 4.76. The first-order valence-corrected chi connectivity index (χ1v) is 7.53. The molecule has 5 nitrogen and oxygen atoms in total. The normalized spacial score (nSPS) is 10.0. The van der Waals surface area contributed by atoms with Gasteiger partial charge in [-0.15, -0.1) is 11.6 Å². The van der Waals surface area contributed by atoms with Crippen molar-refractivity contribution in [1.29, 1.82) is 0 Å². The maximum Gasteiger partial charge on any atom is 0.253 e. The number of para-hydroxylation sites is 1. The highest BCUT2D eigenvalue weighted by atomic mass is 35.5. The number of ether oxygens (including phenoxy) is 1. The van der Waals surface area contributed by atoms with Crippen LogP contribution in [-0.2, 0) is 11.3 Å². The van der Waals surface area contributed by atoms with Gasteiger partial charge in [-0.1, -0.05) is 24.3 Å². The Balaban J connectivity index is 2.03. The van der Waals surface area contributed by atoms with Crippen molar-refractivity contribution in [3.8, 4) is 5.75 Å². The molecule has 0 fully saturated rings. The second-order valence-corrected chi connectivity index (χ2v) is 5.03. The highest BCUT2D eigenvalue weighted by molar-refractivity contribution is 6.29. The molecule has 0 unspecified atom stereocenters. The van der Waals surface area contributed by atoms with Gasteiger partial charge < -0.3 is 15.4 Å². The Kier molecular flexibility index (Phi) is 6.00. The molecular weight excluding hydrogens is 316 g/mol. The third-order valence-electron chi connectivity index (χ3n) is 3.18. The van der Waals surface area contributed by atoms with Crippen LogP contribution in [0.4, 0.5) is 5.69 Å². The number of nitrogens with one attached hydrogen (secondary N) is 2. The summed E-state index contributed by atoms with van der Waals surface area (Å²) in [6, 6.07) is 14.2. The van der Waals surface area contributed by atoms with Crippen LogP contribution in [0, 0.1) is 0 Å². The molecule has 0 saturated carbocycles. The summed E-state index contributed by atoms with van der Waals surface area (Å²) in [6.45, 7) is 0.376. The lowest BCUT2D eigenvalue weighted by Crippen LogP contribution is -2.25. The summed E-state index contributed by atoms with van der Waals surface area (Å²) >= 11 is 5.48. The Labute approximate surface area is 139 Å². The Bertz CT molecular complexity index is 686. The molecule has 2 N–H and O–H groups in total. The molecule has 2 aromatic rings. The molecule has 0 heterocycles. The molecule has 23 heavy (non-hydrogen) atoms. The Morgan fingerprint density at radius 3 is 2.43 bits per heavy atom. The highest BCUT2D eigenvalue weighted by Crippen LogP contribution is 2.16. The zero-order chi connectivity index (χ0) is 16.7. The van der Waals surface area contributed by atoms with Gasteiger partial charge in [0.1, 0.15) is 11.6 Å². The zero-order valence-corrected chi connectivity index (χ0v) is 13.4. The van der Waals surface area contributed by atoms with E-state index in [0.717, 1.165) is 11.3 Å². The van der Waals surface area contributed by atoms with Crippen molar-refractivity contribution in [2.24, 2.45) is 0 Å². The predicted octanol–water partition coefficient (Wildman–Crippen LogP) is 2.80. The number of carbonyl (C=O) groups excluding carboxylic acids is 2. The molecular formula is C17H17ClN2O3. The van der Waals surface area contributed by atoms with Crippen LogP contribution < -0.4 is 15.4 Å². The van der Waals surface area contributed by atoms with E-state index < -0.39 is 0 Å². The van der Waals surface area contributed by atoms with E-state index in [4.69, 9.17) is 16.3 Å². The SMILES string of the molecule is COc1ccc(CNC(=O)c2ccccc2NC(=O)CCl)cc1. The van der Waals surface area contributed by atoms with Crippen LogP contribution in [0.3, 0.4) is 0 Å². The third kappa shape index (κ3) is 4.72. The maximum absolute atomic E-state index is 12.3. The first kappa shape index (κ1) is 16.8. The van der Waals surface area contributed by atoms with Crippen molar-refractivity contribution in [2.75, 3.05) is 18.3 Å². The van der Waals surface area contributed by atoms with Crippen LogP contribution in [-0.4, -0.2) is 24.8 Å². The molecule has 0 aromatic heterocycles. The number of benzene rings is 2. The molecule has 0 atom stereocenters. The second kappa shape index (κ2) is 8.19. The van der Waals surface area contributed by atoms with Crippen molar-refractivity contribution in [2.45, 2.75) is 6.54 Å². The van der Waals surface area contributed by atoms with Gasteiger partial charge in [0.15, 0.2) is 0 Å². The number of methoxy groups -OCH3 is 1. The van der Waals surface area contributed by atoms with Gasteiger partial charge in [0, 0.05) is 6.54 Å². The minimum atomic E-state index is -0.359. The lowest BCUT2D eigenvalue weighted by Gasteiger charge is -2.11. The number of alkyl halides is 1. The standard InChI is InChI=1S/C17H17ClN2O3/c1-23-13-8-6-12(7-9-13)11-19-17(22)14-4-2-3-5-15(14)20-16(21)10-18/h2-9H,10-11H2,1H3,(H,19,22)(H,20,21). The molecule has 2 aromatic carbocycles. The summed E-state index contributed by atoms with van der Waals surface area (Å²) in [5.74, 6) is -0.0375. The predicted molar refractivity (Wildman–Crippen MR) is 90.0 cm³/mol. The molecule has 0 spiro atoms. The van der Waals surface area contributed by atoms with E-state index in [1.807, 2.05) is 24.3 Å². The van der Waals surface area contributed by atoms with Crippen molar-refractivity contribution in [3.63, 3.8) is 0 Å². The summed E-state index contributed by atoms with van der Waals surface area (Å²) < 4.78 is 5.09. The fourth-order valence-corrected chi connectivity index (χ4v) is 2.06. The molecule has 0 radical (unpaired) electrons.